The molecule has 0 bridgehead atoms. The molecule has 3 aromatic heterocycles. The highest BCUT2D eigenvalue weighted by atomic mass is 19.3. The molecule has 9 nitrogen and oxygen atoms in total. The summed E-state index contributed by atoms with van der Waals surface area (Å²) in [5.74, 6) is -2.13. The number of halogens is 6. The number of aliphatic imine (C=N–C) groups is 1. The van der Waals surface area contributed by atoms with Crippen molar-refractivity contribution in [2.24, 2.45) is 16.5 Å². The van der Waals surface area contributed by atoms with Crippen LogP contribution in [0.4, 0.5) is 26.3 Å². The molecule has 2 aromatic carbocycles. The number of hydrogen-bond acceptors (Lipinski definition) is 8. The van der Waals surface area contributed by atoms with E-state index in [0.29, 0.717) is 22.3 Å². The number of nitrogens with two attached hydrogens (primary N) is 2. The van der Waals surface area contributed by atoms with E-state index < -0.39 is 53.0 Å². The smallest absolute Gasteiger partial charge is 0.321 e. The molecule has 6 rings (SSSR count). The molecule has 4 atom stereocenters. The van der Waals surface area contributed by atoms with Crippen molar-refractivity contribution < 1.29 is 31.1 Å². The molecule has 51 heavy (non-hydrogen) atoms. The quantitative estimate of drug-likeness (QED) is 0.143. The molecule has 266 valence electrons. The van der Waals surface area contributed by atoms with Crippen molar-refractivity contribution in [2.45, 2.75) is 43.6 Å². The third-order valence-electron chi connectivity index (χ3n) is 8.71. The van der Waals surface area contributed by atoms with E-state index in [0.717, 1.165) is 6.20 Å². The summed E-state index contributed by atoms with van der Waals surface area (Å²) < 4.78 is 85.1. The Bertz CT molecular complexity index is 1960. The normalized spacial score (nSPS) is 18.6. The lowest BCUT2D eigenvalue weighted by Crippen LogP contribution is -2.51. The first-order valence-corrected chi connectivity index (χ1v) is 15.5. The first kappa shape index (κ1) is 36.7. The van der Waals surface area contributed by atoms with E-state index in [9.17, 15) is 31.1 Å². The summed E-state index contributed by atoms with van der Waals surface area (Å²) in [4.78, 5) is 24.0. The van der Waals surface area contributed by atoms with Crippen LogP contribution >= 0.6 is 0 Å². The van der Waals surface area contributed by atoms with Crippen molar-refractivity contribution in [1.29, 1.82) is 0 Å². The molecule has 0 saturated carbocycles. The van der Waals surface area contributed by atoms with Crippen LogP contribution in [0.25, 0.3) is 0 Å². The highest BCUT2D eigenvalue weighted by Gasteiger charge is 2.46. The lowest BCUT2D eigenvalue weighted by molar-refractivity contribution is 0.0653. The fraction of sp³-hybridized carbons (Fsp3) is 0.222. The summed E-state index contributed by atoms with van der Waals surface area (Å²) in [5.41, 5.74) is 11.8. The predicted molar refractivity (Wildman–Crippen MR) is 178 cm³/mol. The summed E-state index contributed by atoms with van der Waals surface area (Å²) >= 11 is 0. The molecule has 0 radical (unpaired) electrons. The lowest BCUT2D eigenvalue weighted by Gasteiger charge is -2.34. The Balaban J connectivity index is 0.000000226. The average molecular weight is 710 g/mol. The number of ether oxygens (including phenoxy) is 1. The number of aromatic nitrogens is 3. The van der Waals surface area contributed by atoms with Gasteiger partial charge in [0, 0.05) is 35.8 Å². The van der Waals surface area contributed by atoms with Crippen LogP contribution in [0.2, 0.25) is 0 Å². The van der Waals surface area contributed by atoms with Crippen LogP contribution in [-0.4, -0.2) is 39.6 Å². The van der Waals surface area contributed by atoms with Crippen LogP contribution < -0.4 is 27.1 Å². The Kier molecular flexibility index (Phi) is 10.6. The number of nitrogens with zero attached hydrogens (tertiary/aromatic N) is 4. The molecule has 0 fully saturated rings. The molecule has 0 spiro atoms. The van der Waals surface area contributed by atoms with Crippen LogP contribution in [0.1, 0.15) is 48.2 Å². The van der Waals surface area contributed by atoms with Gasteiger partial charge in [0.1, 0.15) is 23.0 Å². The number of benzene rings is 2. The van der Waals surface area contributed by atoms with E-state index in [1.165, 1.54) is 74.1 Å². The summed E-state index contributed by atoms with van der Waals surface area (Å²) in [6.07, 6.45) is 3.67. The van der Waals surface area contributed by atoms with Crippen molar-refractivity contribution in [3.63, 3.8) is 0 Å². The molecule has 0 amide bonds. The van der Waals surface area contributed by atoms with Gasteiger partial charge in [0.2, 0.25) is 11.9 Å². The van der Waals surface area contributed by atoms with Gasteiger partial charge in [0.15, 0.2) is 5.75 Å². The molecule has 4 heterocycles. The van der Waals surface area contributed by atoms with E-state index in [1.807, 2.05) is 0 Å². The Labute approximate surface area is 288 Å². The number of methoxy groups -OCH3 is 1. The number of alkyl halides is 2. The van der Waals surface area contributed by atoms with Gasteiger partial charge in [-0.2, -0.15) is 17.6 Å². The molecule has 1 aliphatic rings. The topological polar surface area (TPSA) is 133 Å². The highest BCUT2D eigenvalue weighted by Crippen LogP contribution is 2.39. The van der Waals surface area contributed by atoms with Crippen molar-refractivity contribution in [3.05, 3.63) is 159 Å². The lowest BCUT2D eigenvalue weighted by atomic mass is 9.79. The fourth-order valence-electron chi connectivity index (χ4n) is 5.91. The fourth-order valence-corrected chi connectivity index (χ4v) is 5.91. The maximum Gasteiger partial charge on any atom is 0.321 e. The van der Waals surface area contributed by atoms with E-state index in [1.54, 1.807) is 38.1 Å². The van der Waals surface area contributed by atoms with Gasteiger partial charge in [-0.15, -0.1) is 0 Å². The zero-order valence-electron chi connectivity index (χ0n) is 27.5. The van der Waals surface area contributed by atoms with Crippen molar-refractivity contribution in [3.8, 4) is 5.75 Å². The summed E-state index contributed by atoms with van der Waals surface area (Å²) in [7, 11) is 1.20. The predicted octanol–water partition coefficient (Wildman–Crippen LogP) is 5.52. The monoisotopic (exact) mass is 709 g/mol. The number of nitrogens with one attached hydrogen (secondary N) is 1. The molecule has 15 heteroatoms. The third-order valence-corrected chi connectivity index (χ3v) is 8.71. The number of amidine groups is 1. The molecular formula is C36H33F6N7O2. The van der Waals surface area contributed by atoms with Crippen molar-refractivity contribution in [1.82, 2.24) is 19.9 Å². The van der Waals surface area contributed by atoms with Crippen molar-refractivity contribution >= 4 is 5.84 Å². The Morgan fingerprint density at radius 3 is 1.92 bits per heavy atom. The second-order valence-electron chi connectivity index (χ2n) is 11.8. The van der Waals surface area contributed by atoms with E-state index in [4.69, 9.17) is 16.2 Å². The van der Waals surface area contributed by atoms with E-state index in [-0.39, 0.29) is 27.5 Å². The van der Waals surface area contributed by atoms with Gasteiger partial charge in [-0.05, 0) is 73.0 Å². The van der Waals surface area contributed by atoms with Gasteiger partial charge in [-0.3, -0.25) is 14.4 Å². The van der Waals surface area contributed by atoms with Gasteiger partial charge in [0.05, 0.1) is 18.7 Å². The molecule has 0 aliphatic carbocycles. The van der Waals surface area contributed by atoms with Crippen molar-refractivity contribution in [2.75, 3.05) is 7.11 Å². The minimum atomic E-state index is -3.08. The van der Waals surface area contributed by atoms with E-state index >= 15 is 0 Å². The Morgan fingerprint density at radius 1 is 0.863 bits per heavy atom. The van der Waals surface area contributed by atoms with Crippen LogP contribution in [0, 0.1) is 23.5 Å². The van der Waals surface area contributed by atoms with Gasteiger partial charge < -0.3 is 21.5 Å². The minimum absolute atomic E-state index is 0.188. The third kappa shape index (κ3) is 7.21. The molecule has 5 N–H and O–H groups in total. The summed E-state index contributed by atoms with van der Waals surface area (Å²) in [6, 6.07) is 17.2. The largest absolute Gasteiger partial charge is 0.491 e. The standard InChI is InChI=1S/C22H18F4N4O2.C14H15F2N3/c1-12-22(14-3-6-16(23)7-4-14,15-5-8-18(24)27-10-15)29-19(28-12)13-9-17(32-2)20(31)30(11-13)21(25)26;1-9(17)14(18,10-2-5-12(15)6-3-10)11-4-7-13(16)19-8-11/h3-12,21H,1-2H3,(H,28,29);2-9H,17-18H2,1H3/t12-,22+;9-,14+/m00/s1. The number of rotatable bonds is 8. The average Bonchev–Trinajstić information content (AvgIpc) is 3.46. The molecule has 1 aliphatic heterocycles. The first-order chi connectivity index (χ1) is 24.2. The minimum Gasteiger partial charge on any atom is -0.491 e. The van der Waals surface area contributed by atoms with Crippen LogP contribution in [0.5, 0.6) is 5.75 Å². The molecular weight excluding hydrogens is 676 g/mol. The molecule has 5 aromatic rings. The van der Waals surface area contributed by atoms with Gasteiger partial charge in [0.25, 0.3) is 5.56 Å². The van der Waals surface area contributed by atoms with Crippen LogP contribution in [0.15, 0.2) is 107 Å². The molecule has 0 unspecified atom stereocenters. The first-order valence-electron chi connectivity index (χ1n) is 15.5. The van der Waals surface area contributed by atoms with Crippen LogP contribution in [-0.2, 0) is 11.1 Å². The van der Waals surface area contributed by atoms with E-state index in [2.05, 4.69) is 20.3 Å². The zero-order chi connectivity index (χ0) is 37.1. The highest BCUT2D eigenvalue weighted by molar-refractivity contribution is 6.01. The maximum absolute atomic E-state index is 13.6. The summed E-state index contributed by atoms with van der Waals surface area (Å²) in [6.45, 7) is 0.429. The zero-order valence-corrected chi connectivity index (χ0v) is 27.5. The molecule has 0 saturated heterocycles. The Hall–Kier alpha value is -5.54. The van der Waals surface area contributed by atoms with Gasteiger partial charge in [-0.1, -0.05) is 36.4 Å². The van der Waals surface area contributed by atoms with Gasteiger partial charge >= 0.3 is 6.55 Å². The summed E-state index contributed by atoms with van der Waals surface area (Å²) in [5, 5.41) is 3.23. The SMILES string of the molecule is COc1cc(C2=N[C@@H](C)[C@@](c3ccc(F)cc3)(c3ccc(F)nc3)N2)cn(C(F)F)c1=O.C[C@H](N)[C@@](N)(c1ccc(F)cc1)c1ccc(F)nc1. The Morgan fingerprint density at radius 2 is 1.41 bits per heavy atom. The second kappa shape index (κ2) is 14.7. The maximum atomic E-state index is 13.6. The van der Waals surface area contributed by atoms with Gasteiger partial charge in [-0.25, -0.2) is 18.7 Å². The number of pyridine rings is 3. The van der Waals surface area contributed by atoms with Crippen LogP contribution in [0.3, 0.4) is 0 Å². The number of hydrogen-bond donors (Lipinski definition) is 3. The second-order valence-corrected chi connectivity index (χ2v) is 11.8.